The molecule has 4 aromatic carbocycles. The van der Waals surface area contributed by atoms with E-state index in [1.807, 2.05) is 19.1 Å². The van der Waals surface area contributed by atoms with E-state index in [1.54, 1.807) is 36.4 Å². The van der Waals surface area contributed by atoms with Crippen molar-refractivity contribution < 1.29 is 24.0 Å². The highest BCUT2D eigenvalue weighted by molar-refractivity contribution is 6.33. The number of benzene rings is 4. The second kappa shape index (κ2) is 12.5. The molecule has 0 aliphatic carbocycles. The standard InChI is InChI=1S/C29H21ClN4O6/c1-18-9-11-19(12-10-18)27(35)32-22-15-13-20(14-16-22)28(36)33-31-17-21-5-4-8-25(34(38)39)26(21)40-29(37)23-6-2-3-7-24(23)30/h2-17H,1H3,(H,32,35)(H,33,36)/b31-17+. The van der Waals surface area contributed by atoms with E-state index in [-0.39, 0.29) is 33.4 Å². The number of hydrogen-bond donors (Lipinski definition) is 2. The molecule has 0 unspecified atom stereocenters. The van der Waals surface area contributed by atoms with Crippen LogP contribution in [0.15, 0.2) is 96.1 Å². The minimum Gasteiger partial charge on any atom is -0.415 e. The van der Waals surface area contributed by atoms with Gasteiger partial charge in [-0.2, -0.15) is 5.10 Å². The van der Waals surface area contributed by atoms with Crippen LogP contribution in [0.3, 0.4) is 0 Å². The third-order valence-corrected chi connectivity index (χ3v) is 5.93. The number of aryl methyl sites for hydroxylation is 1. The number of carbonyl (C=O) groups is 3. The first kappa shape index (κ1) is 27.7. The van der Waals surface area contributed by atoms with Crippen molar-refractivity contribution in [2.75, 3.05) is 5.32 Å². The molecule has 4 rings (SSSR count). The Morgan fingerprint density at radius 2 is 1.52 bits per heavy atom. The van der Waals surface area contributed by atoms with Gasteiger partial charge in [0.2, 0.25) is 5.75 Å². The van der Waals surface area contributed by atoms with Gasteiger partial charge in [0.15, 0.2) is 0 Å². The third kappa shape index (κ3) is 6.74. The molecule has 2 amide bonds. The van der Waals surface area contributed by atoms with E-state index in [9.17, 15) is 24.5 Å². The van der Waals surface area contributed by atoms with Crippen molar-refractivity contribution >= 4 is 47.0 Å². The van der Waals surface area contributed by atoms with Crippen LogP contribution < -0.4 is 15.5 Å². The lowest BCUT2D eigenvalue weighted by Gasteiger charge is -2.09. The number of carbonyl (C=O) groups excluding carboxylic acids is 3. The zero-order valence-electron chi connectivity index (χ0n) is 21.0. The molecule has 40 heavy (non-hydrogen) atoms. The maximum absolute atomic E-state index is 12.6. The second-order valence-electron chi connectivity index (χ2n) is 8.42. The van der Waals surface area contributed by atoms with E-state index in [0.29, 0.717) is 11.3 Å². The van der Waals surface area contributed by atoms with Crippen LogP contribution in [0.25, 0.3) is 0 Å². The van der Waals surface area contributed by atoms with Crippen LogP contribution in [-0.4, -0.2) is 28.9 Å². The summed E-state index contributed by atoms with van der Waals surface area (Å²) in [5, 5.41) is 18.3. The molecule has 0 atom stereocenters. The quantitative estimate of drug-likeness (QED) is 0.0925. The van der Waals surface area contributed by atoms with Crippen molar-refractivity contribution in [2.45, 2.75) is 6.92 Å². The van der Waals surface area contributed by atoms with Gasteiger partial charge >= 0.3 is 11.7 Å². The number of halogens is 1. The molecule has 0 saturated carbocycles. The van der Waals surface area contributed by atoms with Gasteiger partial charge in [-0.15, -0.1) is 0 Å². The lowest BCUT2D eigenvalue weighted by Crippen LogP contribution is -2.18. The molecule has 0 bridgehead atoms. The first-order valence-electron chi connectivity index (χ1n) is 11.8. The first-order chi connectivity index (χ1) is 19.2. The summed E-state index contributed by atoms with van der Waals surface area (Å²) in [5.41, 5.74) is 4.22. The lowest BCUT2D eigenvalue weighted by atomic mass is 10.1. The Hall–Kier alpha value is -5.35. The Balaban J connectivity index is 1.44. The summed E-state index contributed by atoms with van der Waals surface area (Å²) in [7, 11) is 0. The van der Waals surface area contributed by atoms with Crippen molar-refractivity contribution in [3.63, 3.8) is 0 Å². The van der Waals surface area contributed by atoms with Crippen LogP contribution >= 0.6 is 11.6 Å². The highest BCUT2D eigenvalue weighted by atomic mass is 35.5. The summed E-state index contributed by atoms with van der Waals surface area (Å²) in [6.45, 7) is 1.93. The van der Waals surface area contributed by atoms with Gasteiger partial charge in [0.25, 0.3) is 11.8 Å². The minimum atomic E-state index is -0.895. The van der Waals surface area contributed by atoms with E-state index in [1.165, 1.54) is 42.5 Å². The highest BCUT2D eigenvalue weighted by Crippen LogP contribution is 2.31. The van der Waals surface area contributed by atoms with Gasteiger partial charge < -0.3 is 10.1 Å². The van der Waals surface area contributed by atoms with E-state index in [4.69, 9.17) is 16.3 Å². The predicted molar refractivity (Wildman–Crippen MR) is 150 cm³/mol. The molecule has 4 aromatic rings. The number of ether oxygens (including phenoxy) is 1. The smallest absolute Gasteiger partial charge is 0.345 e. The topological polar surface area (TPSA) is 140 Å². The Labute approximate surface area is 233 Å². The summed E-state index contributed by atoms with van der Waals surface area (Å²) < 4.78 is 5.33. The molecule has 0 aliphatic heterocycles. The van der Waals surface area contributed by atoms with E-state index in [2.05, 4.69) is 15.8 Å². The summed E-state index contributed by atoms with van der Waals surface area (Å²) in [6.07, 6.45) is 1.12. The number of amides is 2. The minimum absolute atomic E-state index is 0.0250. The number of rotatable bonds is 8. The summed E-state index contributed by atoms with van der Waals surface area (Å²) in [6, 6.07) is 23.3. The number of para-hydroxylation sites is 1. The highest BCUT2D eigenvalue weighted by Gasteiger charge is 2.23. The number of esters is 1. The van der Waals surface area contributed by atoms with Gasteiger partial charge in [-0.3, -0.25) is 19.7 Å². The number of nitro groups is 1. The first-order valence-corrected chi connectivity index (χ1v) is 12.2. The summed E-state index contributed by atoms with van der Waals surface area (Å²) in [4.78, 5) is 48.5. The second-order valence-corrected chi connectivity index (χ2v) is 8.83. The van der Waals surface area contributed by atoms with Crippen LogP contribution in [0.1, 0.15) is 42.2 Å². The molecule has 0 heterocycles. The van der Waals surface area contributed by atoms with Gasteiger partial charge in [-0.25, -0.2) is 10.2 Å². The Morgan fingerprint density at radius 1 is 0.875 bits per heavy atom. The maximum atomic E-state index is 12.6. The molecule has 0 radical (unpaired) electrons. The molecule has 200 valence electrons. The Kier molecular flexibility index (Phi) is 8.62. The average molecular weight is 557 g/mol. The zero-order chi connectivity index (χ0) is 28.6. The van der Waals surface area contributed by atoms with Crippen LogP contribution in [0, 0.1) is 17.0 Å². The number of anilines is 1. The van der Waals surface area contributed by atoms with Gasteiger partial charge in [-0.05, 0) is 61.5 Å². The van der Waals surface area contributed by atoms with Gasteiger partial charge in [-0.1, -0.05) is 47.5 Å². The number of nitrogens with one attached hydrogen (secondary N) is 2. The van der Waals surface area contributed by atoms with E-state index in [0.717, 1.165) is 11.8 Å². The summed E-state index contributed by atoms with van der Waals surface area (Å²) in [5.74, 6) is -2.12. The molecular formula is C29H21ClN4O6. The molecule has 2 N–H and O–H groups in total. The third-order valence-electron chi connectivity index (χ3n) is 5.60. The number of hydrazone groups is 1. The van der Waals surface area contributed by atoms with Crippen molar-refractivity contribution in [1.29, 1.82) is 0 Å². The molecule has 0 spiro atoms. The average Bonchev–Trinajstić information content (AvgIpc) is 2.94. The molecule has 10 nitrogen and oxygen atoms in total. The molecule has 0 aromatic heterocycles. The fourth-order valence-electron chi connectivity index (χ4n) is 3.51. The summed E-state index contributed by atoms with van der Waals surface area (Å²) >= 11 is 6.04. The largest absolute Gasteiger partial charge is 0.415 e. The van der Waals surface area contributed by atoms with Crippen LogP contribution in [0.5, 0.6) is 5.75 Å². The van der Waals surface area contributed by atoms with Crippen LogP contribution in [0.2, 0.25) is 5.02 Å². The normalized spacial score (nSPS) is 10.7. The SMILES string of the molecule is Cc1ccc(C(=O)Nc2ccc(C(=O)N/N=C/c3cccc([N+](=O)[O-])c3OC(=O)c3ccccc3Cl)cc2)cc1. The predicted octanol–water partition coefficient (Wildman–Crippen LogP) is 5.79. The number of hydrogen-bond acceptors (Lipinski definition) is 7. The van der Waals surface area contributed by atoms with Crippen molar-refractivity contribution in [1.82, 2.24) is 5.43 Å². The van der Waals surface area contributed by atoms with Crippen molar-refractivity contribution in [2.24, 2.45) is 5.10 Å². The van der Waals surface area contributed by atoms with Crippen molar-refractivity contribution in [3.8, 4) is 5.75 Å². The fourth-order valence-corrected chi connectivity index (χ4v) is 3.72. The number of nitrogens with zero attached hydrogens (tertiary/aromatic N) is 2. The molecular weight excluding hydrogens is 536 g/mol. The molecule has 11 heteroatoms. The molecule has 0 fully saturated rings. The Bertz CT molecular complexity index is 1620. The van der Waals surface area contributed by atoms with E-state index < -0.39 is 22.5 Å². The lowest BCUT2D eigenvalue weighted by molar-refractivity contribution is -0.385. The Morgan fingerprint density at radius 3 is 2.20 bits per heavy atom. The van der Waals surface area contributed by atoms with Gasteiger partial charge in [0, 0.05) is 28.4 Å². The monoisotopic (exact) mass is 556 g/mol. The van der Waals surface area contributed by atoms with E-state index >= 15 is 0 Å². The maximum Gasteiger partial charge on any atom is 0.345 e. The zero-order valence-corrected chi connectivity index (χ0v) is 21.7. The van der Waals surface area contributed by atoms with Crippen molar-refractivity contribution in [3.05, 3.63) is 134 Å². The molecule has 0 aliphatic rings. The van der Waals surface area contributed by atoms with Gasteiger partial charge in [0.1, 0.15) is 0 Å². The fraction of sp³-hybridized carbons (Fsp3) is 0.0345. The number of nitro benzene ring substituents is 1. The van der Waals surface area contributed by atoms with Gasteiger partial charge in [0.05, 0.1) is 21.7 Å². The van der Waals surface area contributed by atoms with Crippen LogP contribution in [-0.2, 0) is 0 Å². The molecule has 0 saturated heterocycles. The van der Waals surface area contributed by atoms with Crippen LogP contribution in [0.4, 0.5) is 11.4 Å².